The molecule has 0 fully saturated rings. The predicted octanol–water partition coefficient (Wildman–Crippen LogP) is 4.86. The number of nitrogens with zero attached hydrogens (tertiary/aromatic N) is 4. The summed E-state index contributed by atoms with van der Waals surface area (Å²) in [4.78, 5) is 38.1. The van der Waals surface area contributed by atoms with Crippen LogP contribution in [0.1, 0.15) is 22.8 Å². The third-order valence-electron chi connectivity index (χ3n) is 5.70. The summed E-state index contributed by atoms with van der Waals surface area (Å²) in [6.45, 7) is 3.38. The zero-order chi connectivity index (χ0) is 25.7. The quantitative estimate of drug-likeness (QED) is 0.284. The number of anilines is 1. The van der Waals surface area contributed by atoms with E-state index in [-0.39, 0.29) is 24.3 Å². The molecular formula is C27H25N5O4. The van der Waals surface area contributed by atoms with Crippen LogP contribution in [0.5, 0.6) is 0 Å². The van der Waals surface area contributed by atoms with Gasteiger partial charge >= 0.3 is 0 Å². The average molecular weight is 484 g/mol. The standard InChI is InChI=1S/C27H25N5O4/c1-3-30(27(34)21-15-14-19(2)24(16-21)32(35)36)18-26(33)28-25-17-23(20-10-6-4-7-11-20)29-31(25)22-12-8-5-9-13-22/h4-17H,3,18H2,1-2H3,(H,28,33). The molecule has 0 atom stereocenters. The van der Waals surface area contributed by atoms with Gasteiger partial charge in [0.25, 0.3) is 11.6 Å². The number of amides is 2. The number of nitrogens with one attached hydrogen (secondary N) is 1. The molecule has 0 aliphatic rings. The molecule has 0 aliphatic carbocycles. The fourth-order valence-electron chi connectivity index (χ4n) is 3.79. The van der Waals surface area contributed by atoms with Gasteiger partial charge in [-0.3, -0.25) is 19.7 Å². The monoisotopic (exact) mass is 483 g/mol. The number of hydrogen-bond acceptors (Lipinski definition) is 5. The van der Waals surface area contributed by atoms with Crippen LogP contribution in [0.4, 0.5) is 11.5 Å². The van der Waals surface area contributed by atoms with Gasteiger partial charge in [0.05, 0.1) is 16.3 Å². The molecule has 0 unspecified atom stereocenters. The van der Waals surface area contributed by atoms with Gasteiger partial charge in [0, 0.05) is 35.4 Å². The zero-order valence-electron chi connectivity index (χ0n) is 19.9. The van der Waals surface area contributed by atoms with Gasteiger partial charge in [-0.2, -0.15) is 5.10 Å². The van der Waals surface area contributed by atoms with E-state index >= 15 is 0 Å². The van der Waals surface area contributed by atoms with Gasteiger partial charge in [0.15, 0.2) is 0 Å². The number of carbonyl (C=O) groups excluding carboxylic acids is 2. The lowest BCUT2D eigenvalue weighted by molar-refractivity contribution is -0.385. The maximum absolute atomic E-state index is 13.0. The fraction of sp³-hybridized carbons (Fsp3) is 0.148. The van der Waals surface area contributed by atoms with Crippen LogP contribution in [-0.2, 0) is 4.79 Å². The number of likely N-dealkylation sites (N-methyl/N-ethyl adjacent to an activating group) is 1. The summed E-state index contributed by atoms with van der Waals surface area (Å²) in [6, 6.07) is 25.1. The first-order chi connectivity index (χ1) is 17.4. The second-order valence-corrected chi connectivity index (χ2v) is 8.15. The lowest BCUT2D eigenvalue weighted by Gasteiger charge is -2.20. The number of rotatable bonds is 8. The van der Waals surface area contributed by atoms with Crippen LogP contribution in [0.25, 0.3) is 16.9 Å². The second kappa shape index (κ2) is 10.6. The topological polar surface area (TPSA) is 110 Å². The molecule has 1 N–H and O–H groups in total. The SMILES string of the molecule is CCN(CC(=O)Nc1cc(-c2ccccc2)nn1-c1ccccc1)C(=O)c1ccc(C)c([N+](=O)[O-])c1. The normalized spacial score (nSPS) is 10.6. The Kier molecular flexibility index (Phi) is 7.20. The molecule has 9 heteroatoms. The zero-order valence-corrected chi connectivity index (χ0v) is 19.9. The largest absolute Gasteiger partial charge is 0.330 e. The van der Waals surface area contributed by atoms with Gasteiger partial charge in [-0.05, 0) is 32.0 Å². The minimum Gasteiger partial charge on any atom is -0.330 e. The van der Waals surface area contributed by atoms with E-state index < -0.39 is 16.7 Å². The van der Waals surface area contributed by atoms with Gasteiger partial charge in [-0.25, -0.2) is 4.68 Å². The Morgan fingerprint density at radius 1 is 1.00 bits per heavy atom. The summed E-state index contributed by atoms with van der Waals surface area (Å²) in [7, 11) is 0. The molecule has 1 aromatic heterocycles. The van der Waals surface area contributed by atoms with Crippen molar-refractivity contribution in [3.05, 3.63) is 106 Å². The lowest BCUT2D eigenvalue weighted by atomic mass is 10.1. The van der Waals surface area contributed by atoms with Gasteiger partial charge in [-0.15, -0.1) is 0 Å². The fourth-order valence-corrected chi connectivity index (χ4v) is 3.79. The number of benzene rings is 3. The van der Waals surface area contributed by atoms with Gasteiger partial charge < -0.3 is 10.2 Å². The molecule has 0 saturated carbocycles. The highest BCUT2D eigenvalue weighted by atomic mass is 16.6. The summed E-state index contributed by atoms with van der Waals surface area (Å²) < 4.78 is 1.64. The van der Waals surface area contributed by atoms with Crippen molar-refractivity contribution in [2.24, 2.45) is 0 Å². The van der Waals surface area contributed by atoms with Crippen molar-refractivity contribution in [2.75, 3.05) is 18.4 Å². The predicted molar refractivity (Wildman–Crippen MR) is 137 cm³/mol. The summed E-state index contributed by atoms with van der Waals surface area (Å²) in [5, 5.41) is 18.8. The molecule has 0 saturated heterocycles. The van der Waals surface area contributed by atoms with Crippen LogP contribution < -0.4 is 5.32 Å². The number of nitro benzene ring substituents is 1. The molecule has 0 radical (unpaired) electrons. The van der Waals surface area contributed by atoms with E-state index in [4.69, 9.17) is 0 Å². The summed E-state index contributed by atoms with van der Waals surface area (Å²) >= 11 is 0. The molecular weight excluding hydrogens is 458 g/mol. The van der Waals surface area contributed by atoms with Crippen LogP contribution in [0, 0.1) is 17.0 Å². The molecule has 36 heavy (non-hydrogen) atoms. The van der Waals surface area contributed by atoms with Crippen molar-refractivity contribution in [2.45, 2.75) is 13.8 Å². The Morgan fingerprint density at radius 2 is 1.67 bits per heavy atom. The molecule has 4 rings (SSSR count). The van der Waals surface area contributed by atoms with Crippen LogP contribution in [0.2, 0.25) is 0 Å². The number of nitro groups is 1. The minimum absolute atomic E-state index is 0.137. The van der Waals surface area contributed by atoms with Crippen LogP contribution >= 0.6 is 0 Å². The van der Waals surface area contributed by atoms with Gasteiger partial charge in [-0.1, -0.05) is 54.6 Å². The highest BCUT2D eigenvalue weighted by Crippen LogP contribution is 2.25. The minimum atomic E-state index is -0.524. The second-order valence-electron chi connectivity index (χ2n) is 8.15. The molecule has 9 nitrogen and oxygen atoms in total. The van der Waals surface area contributed by atoms with Crippen molar-refractivity contribution in [1.82, 2.24) is 14.7 Å². The van der Waals surface area contributed by atoms with Gasteiger partial charge in [0.2, 0.25) is 5.91 Å². The maximum atomic E-state index is 13.0. The van der Waals surface area contributed by atoms with Crippen LogP contribution in [-0.4, -0.2) is 44.5 Å². The van der Waals surface area contributed by atoms with E-state index in [1.54, 1.807) is 24.6 Å². The van der Waals surface area contributed by atoms with Crippen LogP contribution in [0.3, 0.4) is 0 Å². The first-order valence-electron chi connectivity index (χ1n) is 11.4. The molecule has 0 bridgehead atoms. The number of hydrogen-bond donors (Lipinski definition) is 1. The molecule has 182 valence electrons. The molecule has 4 aromatic rings. The Balaban J connectivity index is 1.57. The summed E-state index contributed by atoms with van der Waals surface area (Å²) in [5.74, 6) is -0.416. The molecule has 1 heterocycles. The van der Waals surface area contributed by atoms with E-state index in [0.29, 0.717) is 17.1 Å². The van der Waals surface area contributed by atoms with Gasteiger partial charge in [0.1, 0.15) is 12.4 Å². The number of para-hydroxylation sites is 1. The third kappa shape index (κ3) is 5.30. The Bertz CT molecular complexity index is 1400. The Morgan fingerprint density at radius 3 is 2.31 bits per heavy atom. The van der Waals surface area contributed by atoms with Crippen LogP contribution in [0.15, 0.2) is 84.9 Å². The first-order valence-corrected chi connectivity index (χ1v) is 11.4. The Labute approximate surface area is 208 Å². The maximum Gasteiger partial charge on any atom is 0.273 e. The summed E-state index contributed by atoms with van der Waals surface area (Å²) in [6.07, 6.45) is 0. The molecule has 0 aliphatic heterocycles. The van der Waals surface area contributed by atoms with E-state index in [1.807, 2.05) is 60.7 Å². The number of carbonyl (C=O) groups is 2. The van der Waals surface area contributed by atoms with Crippen molar-refractivity contribution < 1.29 is 14.5 Å². The molecule has 2 amide bonds. The smallest absolute Gasteiger partial charge is 0.273 e. The molecule has 0 spiro atoms. The lowest BCUT2D eigenvalue weighted by Crippen LogP contribution is -2.38. The third-order valence-corrected chi connectivity index (χ3v) is 5.70. The van der Waals surface area contributed by atoms with E-state index in [2.05, 4.69) is 10.4 Å². The number of aromatic nitrogens is 2. The van der Waals surface area contributed by atoms with Crippen molar-refractivity contribution >= 4 is 23.3 Å². The first kappa shape index (κ1) is 24.3. The highest BCUT2D eigenvalue weighted by molar-refractivity contribution is 5.99. The van der Waals surface area contributed by atoms with Crippen molar-refractivity contribution in [1.29, 1.82) is 0 Å². The van der Waals surface area contributed by atoms with Crippen molar-refractivity contribution in [3.8, 4) is 16.9 Å². The van der Waals surface area contributed by atoms with E-state index in [1.165, 1.54) is 23.1 Å². The van der Waals surface area contributed by atoms with E-state index in [9.17, 15) is 19.7 Å². The summed E-state index contributed by atoms with van der Waals surface area (Å²) in [5.41, 5.74) is 2.83. The molecule has 3 aromatic carbocycles. The average Bonchev–Trinajstić information content (AvgIpc) is 3.31. The Hall–Kier alpha value is -4.79. The van der Waals surface area contributed by atoms with Crippen molar-refractivity contribution in [3.63, 3.8) is 0 Å². The van der Waals surface area contributed by atoms with E-state index in [0.717, 1.165) is 11.3 Å². The highest BCUT2D eigenvalue weighted by Gasteiger charge is 2.22. The number of aryl methyl sites for hydroxylation is 1.